The van der Waals surface area contributed by atoms with Crippen LogP contribution in [0.4, 0.5) is 0 Å². The maximum Gasteiger partial charge on any atom is 0.254 e. The Morgan fingerprint density at radius 1 is 1.12 bits per heavy atom. The topological polar surface area (TPSA) is 66.0 Å². The summed E-state index contributed by atoms with van der Waals surface area (Å²) in [7, 11) is 0. The Morgan fingerprint density at radius 2 is 1.84 bits per heavy atom. The van der Waals surface area contributed by atoms with Crippen molar-refractivity contribution in [1.82, 2.24) is 15.5 Å². The van der Waals surface area contributed by atoms with Gasteiger partial charge < -0.3 is 20.3 Å². The van der Waals surface area contributed by atoms with Crippen molar-refractivity contribution in [1.29, 1.82) is 0 Å². The highest BCUT2D eigenvalue weighted by Crippen LogP contribution is 2.19. The highest BCUT2D eigenvalue weighted by molar-refractivity contribution is 14.0. The number of allylic oxidation sites excluding steroid dienone is 1. The molecule has 2 atom stereocenters. The van der Waals surface area contributed by atoms with E-state index in [1.165, 1.54) is 25.7 Å². The Balaban J connectivity index is 0.00000363. The van der Waals surface area contributed by atoms with Crippen LogP contribution in [0.2, 0.25) is 0 Å². The molecule has 3 rings (SSSR count). The standard InChI is InChI=1S/C25H38N4O2.HI/c1-4-26-25(27-15-14-21-8-6-5-7-9-21)28-16-22-10-12-23(13-11-22)24(30)29-17-19(2)31-20(3)18-29;/h8,10-13,19-20H,4-7,9,14-18H2,1-3H3,(H2,26,27,28);1H. The minimum absolute atomic E-state index is 0. The first-order valence-electron chi connectivity index (χ1n) is 11.8. The van der Waals surface area contributed by atoms with E-state index in [-0.39, 0.29) is 42.1 Å². The molecule has 178 valence electrons. The molecule has 0 saturated carbocycles. The molecule has 7 heteroatoms. The molecule has 1 saturated heterocycles. The van der Waals surface area contributed by atoms with E-state index in [1.54, 1.807) is 5.57 Å². The number of ether oxygens (including phenoxy) is 1. The molecule has 1 aromatic rings. The van der Waals surface area contributed by atoms with Gasteiger partial charge in [-0.15, -0.1) is 24.0 Å². The van der Waals surface area contributed by atoms with Crippen molar-refractivity contribution in [2.75, 3.05) is 26.2 Å². The number of aliphatic imine (C=N–C) groups is 1. The lowest BCUT2D eigenvalue weighted by atomic mass is 9.97. The van der Waals surface area contributed by atoms with Crippen LogP contribution in [0.3, 0.4) is 0 Å². The molecular formula is C25H39IN4O2. The zero-order valence-corrected chi connectivity index (χ0v) is 22.1. The predicted octanol–water partition coefficient (Wildman–Crippen LogP) is 4.50. The summed E-state index contributed by atoms with van der Waals surface area (Å²) in [6.07, 6.45) is 8.75. The second kappa shape index (κ2) is 13.8. The molecule has 1 heterocycles. The van der Waals surface area contributed by atoms with E-state index >= 15 is 0 Å². The second-order valence-electron chi connectivity index (χ2n) is 8.64. The van der Waals surface area contributed by atoms with E-state index in [4.69, 9.17) is 9.73 Å². The summed E-state index contributed by atoms with van der Waals surface area (Å²) in [5.74, 6) is 0.916. The third-order valence-electron chi connectivity index (χ3n) is 5.80. The fourth-order valence-electron chi connectivity index (χ4n) is 4.26. The van der Waals surface area contributed by atoms with E-state index < -0.39 is 0 Å². The molecule has 2 N–H and O–H groups in total. The van der Waals surface area contributed by atoms with Crippen molar-refractivity contribution in [2.24, 2.45) is 4.99 Å². The summed E-state index contributed by atoms with van der Waals surface area (Å²) in [5.41, 5.74) is 3.38. The zero-order chi connectivity index (χ0) is 22.1. The van der Waals surface area contributed by atoms with Gasteiger partial charge in [0.05, 0.1) is 18.8 Å². The number of carbonyl (C=O) groups excluding carboxylic acids is 1. The fourth-order valence-corrected chi connectivity index (χ4v) is 4.26. The number of hydrogen-bond donors (Lipinski definition) is 2. The van der Waals surface area contributed by atoms with E-state index in [2.05, 4.69) is 23.6 Å². The smallest absolute Gasteiger partial charge is 0.254 e. The van der Waals surface area contributed by atoms with Crippen LogP contribution in [0.15, 0.2) is 40.9 Å². The maximum atomic E-state index is 12.8. The normalized spacial score (nSPS) is 21.4. The molecule has 0 aromatic heterocycles. The Bertz CT molecular complexity index is 769. The minimum Gasteiger partial charge on any atom is -0.372 e. The lowest BCUT2D eigenvalue weighted by Gasteiger charge is -2.35. The summed E-state index contributed by atoms with van der Waals surface area (Å²) in [4.78, 5) is 19.4. The van der Waals surface area contributed by atoms with E-state index in [0.29, 0.717) is 19.6 Å². The first kappa shape index (κ1) is 26.6. The Labute approximate surface area is 210 Å². The number of nitrogens with zero attached hydrogens (tertiary/aromatic N) is 2. The Hall–Kier alpha value is -1.61. The number of carbonyl (C=O) groups is 1. The van der Waals surface area contributed by atoms with Crippen LogP contribution in [0.5, 0.6) is 0 Å². The molecule has 6 nitrogen and oxygen atoms in total. The molecule has 1 amide bonds. The van der Waals surface area contributed by atoms with Crippen LogP contribution in [0.25, 0.3) is 0 Å². The van der Waals surface area contributed by atoms with Crippen LogP contribution < -0.4 is 10.6 Å². The zero-order valence-electron chi connectivity index (χ0n) is 19.7. The van der Waals surface area contributed by atoms with Gasteiger partial charge in [0.25, 0.3) is 5.91 Å². The van der Waals surface area contributed by atoms with Gasteiger partial charge in [0, 0.05) is 31.7 Å². The number of benzene rings is 1. The van der Waals surface area contributed by atoms with Crippen LogP contribution in [0, 0.1) is 0 Å². The fraction of sp³-hybridized carbons (Fsp3) is 0.600. The SMILES string of the molecule is CCNC(=NCc1ccc(C(=O)N2CC(C)OC(C)C2)cc1)NCCC1=CCCCC1.I. The van der Waals surface area contributed by atoms with Crippen molar-refractivity contribution in [3.05, 3.63) is 47.0 Å². The number of halogens is 1. The first-order chi connectivity index (χ1) is 15.0. The van der Waals surface area contributed by atoms with Crippen molar-refractivity contribution >= 4 is 35.8 Å². The molecule has 0 bridgehead atoms. The Morgan fingerprint density at radius 3 is 2.47 bits per heavy atom. The van der Waals surface area contributed by atoms with Gasteiger partial charge in [-0.2, -0.15) is 0 Å². The summed E-state index contributed by atoms with van der Waals surface area (Å²) in [6.45, 7) is 9.71. The molecular weight excluding hydrogens is 515 g/mol. The summed E-state index contributed by atoms with van der Waals surface area (Å²) >= 11 is 0. The quantitative estimate of drug-likeness (QED) is 0.226. The van der Waals surface area contributed by atoms with Gasteiger partial charge in [0.2, 0.25) is 0 Å². The molecule has 0 spiro atoms. The van der Waals surface area contributed by atoms with Crippen molar-refractivity contribution in [3.63, 3.8) is 0 Å². The molecule has 0 radical (unpaired) electrons. The molecule has 1 fully saturated rings. The monoisotopic (exact) mass is 554 g/mol. The van der Waals surface area contributed by atoms with E-state index in [0.717, 1.165) is 36.6 Å². The average Bonchev–Trinajstić information content (AvgIpc) is 2.77. The van der Waals surface area contributed by atoms with Crippen molar-refractivity contribution in [2.45, 2.75) is 71.6 Å². The molecule has 2 aliphatic rings. The summed E-state index contributed by atoms with van der Waals surface area (Å²) < 4.78 is 5.73. The van der Waals surface area contributed by atoms with Gasteiger partial charge in [-0.05, 0) is 70.6 Å². The predicted molar refractivity (Wildman–Crippen MR) is 142 cm³/mol. The maximum absolute atomic E-state index is 12.8. The first-order valence-corrected chi connectivity index (χ1v) is 11.8. The van der Waals surface area contributed by atoms with Crippen LogP contribution in [-0.4, -0.2) is 55.2 Å². The van der Waals surface area contributed by atoms with Gasteiger partial charge in [0.15, 0.2) is 5.96 Å². The molecule has 1 aliphatic heterocycles. The van der Waals surface area contributed by atoms with E-state index in [9.17, 15) is 4.79 Å². The highest BCUT2D eigenvalue weighted by Gasteiger charge is 2.26. The van der Waals surface area contributed by atoms with Crippen molar-refractivity contribution < 1.29 is 9.53 Å². The summed E-state index contributed by atoms with van der Waals surface area (Å²) in [6, 6.07) is 7.82. The van der Waals surface area contributed by atoms with Crippen LogP contribution >= 0.6 is 24.0 Å². The molecule has 1 aliphatic carbocycles. The van der Waals surface area contributed by atoms with Gasteiger partial charge in [-0.25, -0.2) is 4.99 Å². The Kier molecular flexibility index (Phi) is 11.5. The van der Waals surface area contributed by atoms with Crippen LogP contribution in [0.1, 0.15) is 68.8 Å². The number of morpholine rings is 1. The third kappa shape index (κ3) is 8.39. The van der Waals surface area contributed by atoms with Gasteiger partial charge in [-0.1, -0.05) is 23.8 Å². The molecule has 1 aromatic carbocycles. The average molecular weight is 555 g/mol. The number of rotatable bonds is 7. The number of amides is 1. The minimum atomic E-state index is 0. The largest absolute Gasteiger partial charge is 0.372 e. The number of nitrogens with one attached hydrogen (secondary N) is 2. The van der Waals surface area contributed by atoms with E-state index in [1.807, 2.05) is 43.0 Å². The highest BCUT2D eigenvalue weighted by atomic mass is 127. The molecule has 32 heavy (non-hydrogen) atoms. The lowest BCUT2D eigenvalue weighted by molar-refractivity contribution is -0.0586. The second-order valence-corrected chi connectivity index (χ2v) is 8.64. The molecule has 2 unspecified atom stereocenters. The summed E-state index contributed by atoms with van der Waals surface area (Å²) in [5, 5.41) is 6.76. The van der Waals surface area contributed by atoms with Gasteiger partial charge in [-0.3, -0.25) is 4.79 Å². The third-order valence-corrected chi connectivity index (χ3v) is 5.80. The van der Waals surface area contributed by atoms with Crippen LogP contribution in [-0.2, 0) is 11.3 Å². The number of hydrogen-bond acceptors (Lipinski definition) is 3. The van der Waals surface area contributed by atoms with Gasteiger partial charge in [0.1, 0.15) is 0 Å². The number of guanidine groups is 1. The van der Waals surface area contributed by atoms with Gasteiger partial charge >= 0.3 is 0 Å². The lowest BCUT2D eigenvalue weighted by Crippen LogP contribution is -2.48. The van der Waals surface area contributed by atoms with Crippen molar-refractivity contribution in [3.8, 4) is 0 Å².